The topological polar surface area (TPSA) is 105 Å². The molecule has 1 aromatic carbocycles. The molecule has 0 atom stereocenters. The molecule has 4 rings (SSSR count). The van der Waals surface area contributed by atoms with Gasteiger partial charge >= 0.3 is 0 Å². The fourth-order valence-corrected chi connectivity index (χ4v) is 6.38. The van der Waals surface area contributed by atoms with Crippen LogP contribution in [0.5, 0.6) is 0 Å². The number of carbonyl (C=O) groups excluding carboxylic acids is 2. The van der Waals surface area contributed by atoms with E-state index < -0.39 is 9.84 Å². The number of hydrogen-bond acceptors (Lipinski definition) is 5. The maximum atomic E-state index is 13.0. The number of aromatic nitrogens is 1. The van der Waals surface area contributed by atoms with E-state index in [1.807, 2.05) is 18.2 Å². The van der Waals surface area contributed by atoms with Crippen LogP contribution in [0.15, 0.2) is 47.5 Å². The van der Waals surface area contributed by atoms with E-state index in [1.165, 1.54) is 0 Å². The molecule has 2 aliphatic rings. The molecule has 0 bridgehead atoms. The molecule has 7 nitrogen and oxygen atoms in total. The summed E-state index contributed by atoms with van der Waals surface area (Å²) in [5.41, 5.74) is 2.58. The normalized spacial score (nSPS) is 20.6. The minimum Gasteiger partial charge on any atom is -0.355 e. The molecule has 1 aliphatic heterocycles. The second kappa shape index (κ2) is 11.1. The van der Waals surface area contributed by atoms with Gasteiger partial charge in [0.1, 0.15) is 0 Å². The fraction of sp³-hybridized carbons (Fsp3) is 0.500. The number of rotatable bonds is 8. The Morgan fingerprint density at radius 2 is 1.91 bits per heavy atom. The van der Waals surface area contributed by atoms with Crippen molar-refractivity contribution in [3.05, 3.63) is 53.9 Å². The lowest BCUT2D eigenvalue weighted by atomic mass is 9.80. The largest absolute Gasteiger partial charge is 0.355 e. The van der Waals surface area contributed by atoms with E-state index in [2.05, 4.69) is 15.6 Å². The van der Waals surface area contributed by atoms with Crippen LogP contribution in [-0.2, 0) is 32.3 Å². The van der Waals surface area contributed by atoms with Gasteiger partial charge in [-0.3, -0.25) is 14.6 Å². The summed E-state index contributed by atoms with van der Waals surface area (Å²) >= 11 is 0. The third-order valence-corrected chi connectivity index (χ3v) is 8.72. The second-order valence-electron chi connectivity index (χ2n) is 9.41. The summed E-state index contributed by atoms with van der Waals surface area (Å²) in [6.45, 7) is 0.582. The molecule has 0 radical (unpaired) electrons. The number of hydrogen-bond donors (Lipinski definition) is 2. The minimum absolute atomic E-state index is 0.0105. The van der Waals surface area contributed by atoms with E-state index in [0.717, 1.165) is 55.5 Å². The first-order valence-electron chi connectivity index (χ1n) is 12.2. The molecule has 0 unspecified atom stereocenters. The van der Waals surface area contributed by atoms with Crippen molar-refractivity contribution in [2.45, 2.75) is 62.7 Å². The second-order valence-corrected chi connectivity index (χ2v) is 11.5. The predicted octanol–water partition coefficient (Wildman–Crippen LogP) is 3.69. The zero-order chi connectivity index (χ0) is 24.0. The molecule has 2 aromatic rings. The number of carbonyl (C=O) groups is 2. The van der Waals surface area contributed by atoms with Gasteiger partial charge in [0.2, 0.25) is 11.8 Å². The number of anilines is 1. The zero-order valence-corrected chi connectivity index (χ0v) is 20.3. The highest BCUT2D eigenvalue weighted by Gasteiger charge is 2.27. The standard InChI is InChI=1S/C26H33N3O4S/c30-25-6-3-4-21-18-23(11-12-24(21)29-25)34(32,33)17-14-19-7-9-20(10-8-19)26(31)28-16-13-22-5-1-2-15-27-22/h1-2,5,11-12,15,18-20H,3-4,6-10,13-14,16-17H2,(H,28,31)(H,29,30). The monoisotopic (exact) mass is 483 g/mol. The van der Waals surface area contributed by atoms with Crippen molar-refractivity contribution in [3.8, 4) is 0 Å². The third kappa shape index (κ3) is 6.44. The lowest BCUT2D eigenvalue weighted by molar-refractivity contribution is -0.126. The van der Waals surface area contributed by atoms with Gasteiger partial charge in [0.05, 0.1) is 10.6 Å². The molecule has 8 heteroatoms. The van der Waals surface area contributed by atoms with E-state index in [-0.39, 0.29) is 23.5 Å². The van der Waals surface area contributed by atoms with Crippen LogP contribution in [0, 0.1) is 11.8 Å². The Bertz CT molecular complexity index is 1110. The Morgan fingerprint density at radius 3 is 2.68 bits per heavy atom. The Labute approximate surface area is 201 Å². The number of sulfone groups is 1. The van der Waals surface area contributed by atoms with Gasteiger partial charge in [0.15, 0.2) is 9.84 Å². The molecule has 1 fully saturated rings. The molecule has 1 aromatic heterocycles. The first-order chi connectivity index (χ1) is 16.4. The van der Waals surface area contributed by atoms with E-state index in [0.29, 0.717) is 36.6 Å². The number of aryl methyl sites for hydroxylation is 1. The van der Waals surface area contributed by atoms with E-state index in [1.54, 1.807) is 24.4 Å². The summed E-state index contributed by atoms with van der Waals surface area (Å²) in [6.07, 6.45) is 8.34. The summed E-state index contributed by atoms with van der Waals surface area (Å²) in [5.74, 6) is 0.527. The van der Waals surface area contributed by atoms with Crippen molar-refractivity contribution in [2.24, 2.45) is 11.8 Å². The molecule has 34 heavy (non-hydrogen) atoms. The number of benzene rings is 1. The Kier molecular flexibility index (Phi) is 7.98. The van der Waals surface area contributed by atoms with Crippen molar-refractivity contribution >= 4 is 27.3 Å². The smallest absolute Gasteiger partial charge is 0.224 e. The average molecular weight is 484 g/mol. The molecular formula is C26H33N3O4S. The van der Waals surface area contributed by atoms with Crippen LogP contribution in [0.3, 0.4) is 0 Å². The predicted molar refractivity (Wildman–Crippen MR) is 131 cm³/mol. The van der Waals surface area contributed by atoms with Gasteiger partial charge in [-0.05, 0) is 86.8 Å². The van der Waals surface area contributed by atoms with Crippen LogP contribution in [-0.4, -0.2) is 37.5 Å². The summed E-state index contributed by atoms with van der Waals surface area (Å²) in [6, 6.07) is 10.8. The first kappa shape index (κ1) is 24.4. The van der Waals surface area contributed by atoms with Crippen LogP contribution >= 0.6 is 0 Å². The van der Waals surface area contributed by atoms with Crippen LogP contribution in [0.2, 0.25) is 0 Å². The SMILES string of the molecule is O=C1CCCc2cc(S(=O)(=O)CCC3CCC(C(=O)NCCc4ccccn4)CC3)ccc2N1. The summed E-state index contributed by atoms with van der Waals surface area (Å²) < 4.78 is 25.9. The first-order valence-corrected chi connectivity index (χ1v) is 13.9. The number of nitrogens with one attached hydrogen (secondary N) is 2. The lowest BCUT2D eigenvalue weighted by Gasteiger charge is -2.27. The van der Waals surface area contributed by atoms with E-state index in [4.69, 9.17) is 0 Å². The van der Waals surface area contributed by atoms with Crippen LogP contribution in [0.4, 0.5) is 5.69 Å². The maximum Gasteiger partial charge on any atom is 0.224 e. The van der Waals surface area contributed by atoms with E-state index >= 15 is 0 Å². The molecule has 0 spiro atoms. The summed E-state index contributed by atoms with van der Waals surface area (Å²) in [7, 11) is -3.38. The van der Waals surface area contributed by atoms with Crippen molar-refractivity contribution < 1.29 is 18.0 Å². The van der Waals surface area contributed by atoms with Crippen LogP contribution < -0.4 is 10.6 Å². The van der Waals surface area contributed by atoms with Crippen molar-refractivity contribution in [1.29, 1.82) is 0 Å². The highest BCUT2D eigenvalue weighted by atomic mass is 32.2. The quantitative estimate of drug-likeness (QED) is 0.596. The molecule has 1 saturated carbocycles. The number of pyridine rings is 1. The van der Waals surface area contributed by atoms with E-state index in [9.17, 15) is 18.0 Å². The molecule has 2 amide bonds. The third-order valence-electron chi connectivity index (χ3n) is 6.98. The number of fused-ring (bicyclic) bond motifs is 1. The highest BCUT2D eigenvalue weighted by molar-refractivity contribution is 7.91. The molecule has 2 N–H and O–H groups in total. The van der Waals surface area contributed by atoms with Crippen molar-refractivity contribution in [3.63, 3.8) is 0 Å². The van der Waals surface area contributed by atoms with Gasteiger partial charge < -0.3 is 10.6 Å². The van der Waals surface area contributed by atoms with Gasteiger partial charge in [-0.25, -0.2) is 8.42 Å². The molecule has 1 aliphatic carbocycles. The van der Waals surface area contributed by atoms with Gasteiger partial charge in [0.25, 0.3) is 0 Å². The molecule has 2 heterocycles. The highest BCUT2D eigenvalue weighted by Crippen LogP contribution is 2.32. The van der Waals surface area contributed by atoms with Gasteiger partial charge in [0, 0.05) is 42.9 Å². The van der Waals surface area contributed by atoms with Crippen LogP contribution in [0.25, 0.3) is 0 Å². The van der Waals surface area contributed by atoms with Crippen LogP contribution in [0.1, 0.15) is 56.2 Å². The summed E-state index contributed by atoms with van der Waals surface area (Å²) in [5, 5.41) is 5.87. The lowest BCUT2D eigenvalue weighted by Crippen LogP contribution is -2.34. The zero-order valence-electron chi connectivity index (χ0n) is 19.5. The molecular weight excluding hydrogens is 450 g/mol. The molecule has 182 valence electrons. The Balaban J connectivity index is 1.22. The minimum atomic E-state index is -3.38. The van der Waals surface area contributed by atoms with Crippen molar-refractivity contribution in [2.75, 3.05) is 17.6 Å². The van der Waals surface area contributed by atoms with Crippen molar-refractivity contribution in [1.82, 2.24) is 10.3 Å². The maximum absolute atomic E-state index is 13.0. The Morgan fingerprint density at radius 1 is 1.09 bits per heavy atom. The van der Waals surface area contributed by atoms with Gasteiger partial charge in [-0.2, -0.15) is 0 Å². The number of nitrogens with zero attached hydrogens (tertiary/aromatic N) is 1. The average Bonchev–Trinajstić information content (AvgIpc) is 3.03. The fourth-order valence-electron chi connectivity index (χ4n) is 4.90. The number of amides is 2. The van der Waals surface area contributed by atoms with Gasteiger partial charge in [-0.15, -0.1) is 0 Å². The summed E-state index contributed by atoms with van der Waals surface area (Å²) in [4.78, 5) is 28.8. The van der Waals surface area contributed by atoms with Gasteiger partial charge in [-0.1, -0.05) is 6.07 Å². The Hall–Kier alpha value is -2.74. The molecule has 0 saturated heterocycles.